The monoisotopic (exact) mass is 246 g/mol. The highest BCUT2D eigenvalue weighted by Gasteiger charge is 2.64. The van der Waals surface area contributed by atoms with Crippen molar-refractivity contribution in [1.82, 2.24) is 4.98 Å². The molecule has 2 aromatic rings. The quantitative estimate of drug-likeness (QED) is 0.839. The molecule has 4 rings (SSSR count). The Morgan fingerprint density at radius 2 is 1.94 bits per heavy atom. The molecule has 17 heavy (non-hydrogen) atoms. The van der Waals surface area contributed by atoms with Crippen LogP contribution >= 0.6 is 11.6 Å². The van der Waals surface area contributed by atoms with Gasteiger partial charge in [0, 0.05) is 33.1 Å². The van der Waals surface area contributed by atoms with Gasteiger partial charge in [-0.15, -0.1) is 0 Å². The van der Waals surface area contributed by atoms with E-state index in [2.05, 4.69) is 17.2 Å². The van der Waals surface area contributed by atoms with E-state index in [4.69, 9.17) is 17.3 Å². The molecule has 0 saturated heterocycles. The van der Waals surface area contributed by atoms with Crippen molar-refractivity contribution in [3.8, 4) is 0 Å². The van der Waals surface area contributed by atoms with Crippen molar-refractivity contribution >= 4 is 22.5 Å². The molecular formula is C14H15ClN2. The Morgan fingerprint density at radius 1 is 1.18 bits per heavy atom. The van der Waals surface area contributed by atoms with E-state index in [1.54, 1.807) is 0 Å². The molecule has 1 aromatic heterocycles. The zero-order chi connectivity index (χ0) is 11.7. The molecule has 0 atom stereocenters. The van der Waals surface area contributed by atoms with Crippen molar-refractivity contribution in [3.63, 3.8) is 0 Å². The first-order valence-corrected chi connectivity index (χ1v) is 6.59. The van der Waals surface area contributed by atoms with Gasteiger partial charge >= 0.3 is 0 Å². The summed E-state index contributed by atoms with van der Waals surface area (Å²) < 4.78 is 0. The van der Waals surface area contributed by atoms with Crippen molar-refractivity contribution in [2.75, 3.05) is 0 Å². The largest absolute Gasteiger partial charge is 0.361 e. The number of nitrogens with one attached hydrogen (secondary N) is 1. The highest BCUT2D eigenvalue weighted by molar-refractivity contribution is 6.31. The summed E-state index contributed by atoms with van der Waals surface area (Å²) in [6, 6.07) is 6.08. The Bertz CT molecular complexity index is 606. The van der Waals surface area contributed by atoms with Crippen LogP contribution in [-0.2, 0) is 5.41 Å². The number of fused-ring (bicyclic) bond motifs is 1. The number of H-pyrrole nitrogens is 1. The van der Waals surface area contributed by atoms with Gasteiger partial charge in [-0.25, -0.2) is 0 Å². The van der Waals surface area contributed by atoms with Crippen LogP contribution in [0.3, 0.4) is 0 Å². The van der Waals surface area contributed by atoms with Gasteiger partial charge in [-0.2, -0.15) is 0 Å². The smallest absolute Gasteiger partial charge is 0.0471 e. The predicted molar refractivity (Wildman–Crippen MR) is 70.4 cm³/mol. The zero-order valence-corrected chi connectivity index (χ0v) is 10.3. The lowest BCUT2D eigenvalue weighted by molar-refractivity contribution is 0.506. The summed E-state index contributed by atoms with van der Waals surface area (Å²) in [7, 11) is 0. The van der Waals surface area contributed by atoms with Crippen molar-refractivity contribution < 1.29 is 0 Å². The van der Waals surface area contributed by atoms with Crippen LogP contribution in [0.2, 0.25) is 5.02 Å². The van der Waals surface area contributed by atoms with Crippen LogP contribution in [0.25, 0.3) is 10.9 Å². The van der Waals surface area contributed by atoms with Gasteiger partial charge in [-0.05, 0) is 43.4 Å². The van der Waals surface area contributed by atoms with Gasteiger partial charge in [0.2, 0.25) is 0 Å². The second-order valence-electron chi connectivity index (χ2n) is 5.63. The van der Waals surface area contributed by atoms with Crippen molar-refractivity contribution in [1.29, 1.82) is 0 Å². The summed E-state index contributed by atoms with van der Waals surface area (Å²) in [5, 5.41) is 2.08. The predicted octanol–water partition coefficient (Wildman–Crippen LogP) is 3.34. The number of aromatic amines is 1. The Hall–Kier alpha value is -0.990. The number of aromatic nitrogens is 1. The fourth-order valence-corrected chi connectivity index (χ4v) is 3.44. The molecule has 1 aromatic carbocycles. The second-order valence-corrected chi connectivity index (χ2v) is 6.07. The minimum Gasteiger partial charge on any atom is -0.361 e. The minimum atomic E-state index is 0.0712. The Balaban J connectivity index is 1.92. The van der Waals surface area contributed by atoms with Gasteiger partial charge in [-0.3, -0.25) is 0 Å². The maximum absolute atomic E-state index is 6.46. The molecule has 3 heteroatoms. The number of hydrogen-bond acceptors (Lipinski definition) is 1. The van der Waals surface area contributed by atoms with E-state index in [1.165, 1.54) is 36.6 Å². The average Bonchev–Trinajstić information content (AvgIpc) is 3.20. The molecule has 0 amide bonds. The summed E-state index contributed by atoms with van der Waals surface area (Å²) in [5.41, 5.74) is 9.31. The fourth-order valence-electron chi connectivity index (χ4n) is 3.27. The van der Waals surface area contributed by atoms with E-state index in [-0.39, 0.29) is 11.0 Å². The van der Waals surface area contributed by atoms with Gasteiger partial charge in [0.25, 0.3) is 0 Å². The zero-order valence-electron chi connectivity index (χ0n) is 9.59. The van der Waals surface area contributed by atoms with Crippen LogP contribution in [0.5, 0.6) is 0 Å². The third-order valence-corrected chi connectivity index (χ3v) is 4.89. The third kappa shape index (κ3) is 1.20. The molecule has 1 heterocycles. The van der Waals surface area contributed by atoms with E-state index in [9.17, 15) is 0 Å². The van der Waals surface area contributed by atoms with Gasteiger partial charge < -0.3 is 10.7 Å². The second kappa shape index (κ2) is 2.88. The molecule has 0 spiro atoms. The molecule has 3 N–H and O–H groups in total. The molecule has 0 radical (unpaired) electrons. The summed E-state index contributed by atoms with van der Waals surface area (Å²) in [6.07, 6.45) is 6.96. The minimum absolute atomic E-state index is 0.0712. The first-order valence-electron chi connectivity index (χ1n) is 6.21. The first kappa shape index (κ1) is 9.98. The lowest BCUT2D eigenvalue weighted by Crippen LogP contribution is -2.37. The maximum Gasteiger partial charge on any atom is 0.0471 e. The van der Waals surface area contributed by atoms with E-state index < -0.39 is 0 Å². The van der Waals surface area contributed by atoms with Gasteiger partial charge in [0.05, 0.1) is 0 Å². The van der Waals surface area contributed by atoms with Crippen molar-refractivity contribution in [2.45, 2.75) is 36.6 Å². The highest BCUT2D eigenvalue weighted by Crippen LogP contribution is 2.64. The van der Waals surface area contributed by atoms with E-state index in [1.807, 2.05) is 12.1 Å². The maximum atomic E-state index is 6.46. The van der Waals surface area contributed by atoms with Crippen LogP contribution in [0.4, 0.5) is 0 Å². The number of benzene rings is 1. The van der Waals surface area contributed by atoms with Gasteiger partial charge in [0.1, 0.15) is 0 Å². The van der Waals surface area contributed by atoms with Crippen LogP contribution in [-0.4, -0.2) is 10.5 Å². The van der Waals surface area contributed by atoms with E-state index in [0.29, 0.717) is 0 Å². The van der Waals surface area contributed by atoms with E-state index >= 15 is 0 Å². The summed E-state index contributed by atoms with van der Waals surface area (Å²) >= 11 is 6.02. The van der Waals surface area contributed by atoms with E-state index in [0.717, 1.165) is 10.5 Å². The lowest BCUT2D eigenvalue weighted by Gasteiger charge is -2.22. The summed E-state index contributed by atoms with van der Waals surface area (Å²) in [4.78, 5) is 3.33. The Morgan fingerprint density at radius 3 is 2.59 bits per heavy atom. The SMILES string of the molecule is NC1(C2(c3c[nH]c4cc(Cl)ccc34)CC2)CC1. The van der Waals surface area contributed by atoms with Gasteiger partial charge in [-0.1, -0.05) is 17.7 Å². The standard InChI is InChI=1S/C14H15ClN2/c15-9-1-2-10-11(8-17-12(10)7-9)13(3-4-13)14(16)5-6-14/h1-2,7-8,17H,3-6,16H2. The number of rotatable bonds is 2. The number of halogens is 1. The fraction of sp³-hybridized carbons (Fsp3) is 0.429. The molecule has 2 fully saturated rings. The lowest BCUT2D eigenvalue weighted by atomic mass is 9.86. The van der Waals surface area contributed by atoms with Crippen LogP contribution in [0, 0.1) is 0 Å². The Kier molecular flexibility index (Phi) is 1.69. The topological polar surface area (TPSA) is 41.8 Å². The van der Waals surface area contributed by atoms with Gasteiger partial charge in [0.15, 0.2) is 0 Å². The van der Waals surface area contributed by atoms with Crippen LogP contribution in [0.1, 0.15) is 31.2 Å². The number of nitrogens with two attached hydrogens (primary N) is 1. The third-order valence-electron chi connectivity index (χ3n) is 4.65. The molecule has 0 aliphatic heterocycles. The van der Waals surface area contributed by atoms with Crippen molar-refractivity contribution in [3.05, 3.63) is 35.0 Å². The molecule has 2 aliphatic carbocycles. The number of hydrogen-bond donors (Lipinski definition) is 2. The average molecular weight is 247 g/mol. The molecule has 0 bridgehead atoms. The summed E-state index contributed by atoms with van der Waals surface area (Å²) in [5.74, 6) is 0. The van der Waals surface area contributed by atoms with Crippen LogP contribution < -0.4 is 5.73 Å². The Labute approximate surface area is 105 Å². The summed E-state index contributed by atoms with van der Waals surface area (Å²) in [6.45, 7) is 0. The van der Waals surface area contributed by atoms with Crippen LogP contribution in [0.15, 0.2) is 24.4 Å². The molecule has 88 valence electrons. The van der Waals surface area contributed by atoms with Crippen molar-refractivity contribution in [2.24, 2.45) is 5.73 Å². The normalized spacial score (nSPS) is 23.9. The first-order chi connectivity index (χ1) is 8.15. The molecular weight excluding hydrogens is 232 g/mol. The highest BCUT2D eigenvalue weighted by atomic mass is 35.5. The molecule has 2 nitrogen and oxygen atoms in total. The molecule has 0 unspecified atom stereocenters. The molecule has 2 saturated carbocycles. The molecule has 2 aliphatic rings.